The minimum absolute atomic E-state index is 0.363. The molecule has 0 saturated heterocycles. The number of carbonyl (C=O) groups is 2. The molecule has 0 aliphatic heterocycles. The first kappa shape index (κ1) is 23.3. The quantitative estimate of drug-likeness (QED) is 0.574. The number of hydrogen-bond acceptors (Lipinski definition) is 5. The highest BCUT2D eigenvalue weighted by Crippen LogP contribution is 2.27. The molecule has 1 heterocycles. The van der Waals surface area contributed by atoms with Crippen molar-refractivity contribution in [2.75, 3.05) is 19.0 Å². The number of amides is 2. The van der Waals surface area contributed by atoms with Crippen LogP contribution in [0.2, 0.25) is 0 Å². The Balaban J connectivity index is 1.51. The first-order chi connectivity index (χ1) is 15.5. The highest BCUT2D eigenvalue weighted by atomic mass is 16.5. The largest absolute Gasteiger partial charge is 0.497 e. The molecule has 1 unspecified atom stereocenters. The molecule has 7 nitrogen and oxygen atoms in total. The van der Waals surface area contributed by atoms with Crippen molar-refractivity contribution in [3.8, 4) is 11.5 Å². The summed E-state index contributed by atoms with van der Waals surface area (Å²) in [6.45, 7) is 2.25. The molecule has 1 aliphatic rings. The van der Waals surface area contributed by atoms with Crippen LogP contribution in [0.25, 0.3) is 6.08 Å². The van der Waals surface area contributed by atoms with Gasteiger partial charge in [0, 0.05) is 12.3 Å². The monoisotopic (exact) mass is 437 g/mol. The van der Waals surface area contributed by atoms with Crippen LogP contribution in [0.15, 0.2) is 48.7 Å². The molecule has 1 saturated carbocycles. The summed E-state index contributed by atoms with van der Waals surface area (Å²) in [7, 11) is 1.60. The van der Waals surface area contributed by atoms with Gasteiger partial charge in [-0.2, -0.15) is 0 Å². The van der Waals surface area contributed by atoms with Crippen molar-refractivity contribution in [2.45, 2.75) is 45.1 Å². The van der Waals surface area contributed by atoms with Gasteiger partial charge in [-0.15, -0.1) is 0 Å². The Hall–Kier alpha value is -3.35. The number of rotatable bonds is 9. The Morgan fingerprint density at radius 2 is 1.91 bits per heavy atom. The van der Waals surface area contributed by atoms with Gasteiger partial charge in [-0.05, 0) is 61.6 Å². The van der Waals surface area contributed by atoms with Gasteiger partial charge in [0.1, 0.15) is 11.8 Å². The van der Waals surface area contributed by atoms with Gasteiger partial charge in [0.25, 0.3) is 0 Å². The molecule has 2 aromatic rings. The lowest BCUT2D eigenvalue weighted by atomic mass is 9.90. The van der Waals surface area contributed by atoms with Gasteiger partial charge in [-0.1, -0.05) is 31.4 Å². The molecule has 7 heteroatoms. The van der Waals surface area contributed by atoms with Crippen molar-refractivity contribution in [2.24, 2.45) is 5.92 Å². The SMILES string of the molecule is COc1ccc(C=CC(=O)NC(C)C(=O)Nc2ncccc2OCC2CCCCC2)cc1. The average molecular weight is 438 g/mol. The molecule has 1 atom stereocenters. The standard InChI is InChI=1S/C25H31N3O4/c1-18(27-23(29)15-12-19-10-13-21(31-2)14-11-19)25(30)28-24-22(9-6-16-26-24)32-17-20-7-4-3-5-8-20/h6,9-16,18,20H,3-5,7-8,17H2,1-2H3,(H,27,29)(H,26,28,30). The normalized spacial score (nSPS) is 15.2. The smallest absolute Gasteiger partial charge is 0.247 e. The Bertz CT molecular complexity index is 921. The van der Waals surface area contributed by atoms with E-state index in [4.69, 9.17) is 9.47 Å². The summed E-state index contributed by atoms with van der Waals surface area (Å²) in [5, 5.41) is 5.43. The van der Waals surface area contributed by atoms with Crippen molar-refractivity contribution in [3.05, 3.63) is 54.2 Å². The number of ether oxygens (including phenoxy) is 2. The molecule has 0 bridgehead atoms. The van der Waals surface area contributed by atoms with E-state index in [1.807, 2.05) is 24.3 Å². The van der Waals surface area contributed by atoms with Crippen molar-refractivity contribution in [1.29, 1.82) is 0 Å². The number of benzene rings is 1. The molecular weight excluding hydrogens is 406 g/mol. The van der Waals surface area contributed by atoms with E-state index >= 15 is 0 Å². The maximum Gasteiger partial charge on any atom is 0.247 e. The lowest BCUT2D eigenvalue weighted by Gasteiger charge is -2.22. The topological polar surface area (TPSA) is 89.5 Å². The van der Waals surface area contributed by atoms with Crippen LogP contribution in [0.1, 0.15) is 44.6 Å². The first-order valence-corrected chi connectivity index (χ1v) is 11.1. The number of methoxy groups -OCH3 is 1. The predicted molar refractivity (Wildman–Crippen MR) is 125 cm³/mol. The van der Waals surface area contributed by atoms with Crippen molar-refractivity contribution >= 4 is 23.7 Å². The molecule has 0 radical (unpaired) electrons. The van der Waals surface area contributed by atoms with Crippen LogP contribution < -0.4 is 20.1 Å². The molecular formula is C25H31N3O4. The van der Waals surface area contributed by atoms with E-state index in [1.54, 1.807) is 38.4 Å². The van der Waals surface area contributed by atoms with Crippen molar-refractivity contribution in [3.63, 3.8) is 0 Å². The number of hydrogen-bond donors (Lipinski definition) is 2. The molecule has 1 aromatic heterocycles. The molecule has 170 valence electrons. The summed E-state index contributed by atoms with van der Waals surface area (Å²) in [4.78, 5) is 29.0. The van der Waals surface area contributed by atoms with Crippen LogP contribution >= 0.6 is 0 Å². The van der Waals surface area contributed by atoms with Gasteiger partial charge in [0.05, 0.1) is 13.7 Å². The van der Waals surface area contributed by atoms with Crippen LogP contribution in [0, 0.1) is 5.92 Å². The molecule has 2 amide bonds. The molecule has 1 aromatic carbocycles. The van der Waals surface area contributed by atoms with E-state index in [-0.39, 0.29) is 11.8 Å². The zero-order valence-corrected chi connectivity index (χ0v) is 18.7. The first-order valence-electron chi connectivity index (χ1n) is 11.1. The zero-order chi connectivity index (χ0) is 22.8. The fourth-order valence-corrected chi connectivity index (χ4v) is 3.60. The lowest BCUT2D eigenvalue weighted by molar-refractivity contribution is -0.123. The number of carbonyl (C=O) groups excluding carboxylic acids is 2. The van der Waals surface area contributed by atoms with E-state index in [9.17, 15) is 9.59 Å². The summed E-state index contributed by atoms with van der Waals surface area (Å²) in [6.07, 6.45) is 10.8. The van der Waals surface area contributed by atoms with E-state index in [1.165, 1.54) is 38.2 Å². The highest BCUT2D eigenvalue weighted by molar-refractivity contribution is 5.99. The van der Waals surface area contributed by atoms with Crippen molar-refractivity contribution < 1.29 is 19.1 Å². The maximum absolute atomic E-state index is 12.6. The summed E-state index contributed by atoms with van der Waals surface area (Å²) >= 11 is 0. The average Bonchev–Trinajstić information content (AvgIpc) is 2.83. The predicted octanol–water partition coefficient (Wildman–Crippen LogP) is 4.21. The second-order valence-corrected chi connectivity index (χ2v) is 7.99. The third-order valence-corrected chi connectivity index (χ3v) is 5.51. The van der Waals surface area contributed by atoms with Gasteiger partial charge in [-0.25, -0.2) is 4.98 Å². The van der Waals surface area contributed by atoms with E-state index in [0.717, 1.165) is 11.3 Å². The van der Waals surface area contributed by atoms with E-state index in [2.05, 4.69) is 15.6 Å². The second kappa shape index (κ2) is 11.9. The third-order valence-electron chi connectivity index (χ3n) is 5.51. The number of nitrogens with one attached hydrogen (secondary N) is 2. The Morgan fingerprint density at radius 1 is 1.16 bits per heavy atom. The highest BCUT2D eigenvalue weighted by Gasteiger charge is 2.19. The van der Waals surface area contributed by atoms with Crippen molar-refractivity contribution in [1.82, 2.24) is 10.3 Å². The summed E-state index contributed by atoms with van der Waals surface area (Å²) < 4.78 is 11.1. The van der Waals surface area contributed by atoms with Crippen LogP contribution in [0.5, 0.6) is 11.5 Å². The molecule has 1 fully saturated rings. The van der Waals surface area contributed by atoms with Crippen LogP contribution in [0.3, 0.4) is 0 Å². The molecule has 1 aliphatic carbocycles. The van der Waals surface area contributed by atoms with Gasteiger partial charge in [0.15, 0.2) is 11.6 Å². The molecule has 32 heavy (non-hydrogen) atoms. The fourth-order valence-electron chi connectivity index (χ4n) is 3.60. The maximum atomic E-state index is 12.6. The molecule has 3 rings (SSSR count). The summed E-state index contributed by atoms with van der Waals surface area (Å²) in [5.74, 6) is 1.47. The Morgan fingerprint density at radius 3 is 2.62 bits per heavy atom. The molecule has 2 N–H and O–H groups in total. The third kappa shape index (κ3) is 7.11. The van der Waals surface area contributed by atoms with Crippen LogP contribution in [-0.4, -0.2) is 36.6 Å². The number of pyridine rings is 1. The van der Waals surface area contributed by atoms with E-state index in [0.29, 0.717) is 24.1 Å². The zero-order valence-electron chi connectivity index (χ0n) is 18.7. The van der Waals surface area contributed by atoms with Crippen LogP contribution in [-0.2, 0) is 9.59 Å². The molecule has 0 spiro atoms. The fraction of sp³-hybridized carbons (Fsp3) is 0.400. The Labute approximate surface area is 189 Å². The number of aromatic nitrogens is 1. The summed E-state index contributed by atoms with van der Waals surface area (Å²) in [6, 6.07) is 10.1. The van der Waals surface area contributed by atoms with Gasteiger partial charge in [-0.3, -0.25) is 9.59 Å². The Kier molecular flexibility index (Phi) is 8.66. The van der Waals surface area contributed by atoms with E-state index < -0.39 is 6.04 Å². The van der Waals surface area contributed by atoms with Gasteiger partial charge < -0.3 is 20.1 Å². The number of nitrogens with zero attached hydrogens (tertiary/aromatic N) is 1. The number of anilines is 1. The minimum atomic E-state index is -0.740. The van der Waals surface area contributed by atoms with Crippen LogP contribution in [0.4, 0.5) is 5.82 Å². The summed E-state index contributed by atoms with van der Waals surface area (Å²) in [5.41, 5.74) is 0.853. The second-order valence-electron chi connectivity index (χ2n) is 7.99. The van der Waals surface area contributed by atoms with Gasteiger partial charge in [0.2, 0.25) is 11.8 Å². The lowest BCUT2D eigenvalue weighted by Crippen LogP contribution is -2.41. The van der Waals surface area contributed by atoms with Gasteiger partial charge >= 0.3 is 0 Å². The minimum Gasteiger partial charge on any atom is -0.497 e.